The number of carbonyl (C=O) groups is 2. The highest BCUT2D eigenvalue weighted by Crippen LogP contribution is 2.14. The topological polar surface area (TPSA) is 63.6 Å². The number of H-pyrrole nitrogens is 1. The summed E-state index contributed by atoms with van der Waals surface area (Å²) in [5, 5.41) is 0.965. The molecule has 0 atom stereocenters. The minimum atomic E-state index is -0.209. The molecule has 0 bridgehead atoms. The van der Waals surface area contributed by atoms with Crippen LogP contribution in [0.3, 0.4) is 0 Å². The van der Waals surface area contributed by atoms with Crippen molar-refractivity contribution in [2.24, 2.45) is 0 Å². The fraction of sp³-hybridized carbons (Fsp3) is 0.0526. The summed E-state index contributed by atoms with van der Waals surface area (Å²) in [6.45, 7) is 0.0617. The third kappa shape index (κ3) is 3.52. The van der Waals surface area contributed by atoms with Gasteiger partial charge in [-0.05, 0) is 48.5 Å². The van der Waals surface area contributed by atoms with Gasteiger partial charge in [0.2, 0.25) is 0 Å². The van der Waals surface area contributed by atoms with Crippen molar-refractivity contribution in [3.63, 3.8) is 0 Å². The predicted molar refractivity (Wildman–Crippen MR) is 92.0 cm³/mol. The zero-order valence-corrected chi connectivity index (χ0v) is 12.9. The van der Waals surface area contributed by atoms with Gasteiger partial charge in [0.05, 0.1) is 0 Å². The van der Waals surface area contributed by atoms with Crippen molar-refractivity contribution >= 4 is 28.7 Å². The van der Waals surface area contributed by atoms with Crippen molar-refractivity contribution in [2.45, 2.75) is 0 Å². The summed E-state index contributed by atoms with van der Waals surface area (Å²) in [6.07, 6.45) is 5.88. The van der Waals surface area contributed by atoms with Crippen LogP contribution in [-0.2, 0) is 9.53 Å². The van der Waals surface area contributed by atoms with Crippen LogP contribution in [0.15, 0.2) is 73.2 Å². The van der Waals surface area contributed by atoms with E-state index in [0.717, 1.165) is 10.9 Å². The second kappa shape index (κ2) is 7.28. The molecule has 120 valence electrons. The number of ketones is 1. The Bertz CT molecular complexity index is 938. The molecule has 0 unspecified atom stereocenters. The standard InChI is InChI=1S/C11H9NO3.C8H7N/c13-7-15-6-11(14)9-1-2-10-8(5-9)3-4-12-10;1-2-6-9-7-3-5-8(9)4-1/h1-5,7,12H,6H2;1-7H. The Morgan fingerprint density at radius 1 is 1.08 bits per heavy atom. The minimum absolute atomic E-state index is 0.204. The van der Waals surface area contributed by atoms with Gasteiger partial charge in [0, 0.05) is 40.6 Å². The molecule has 0 aliphatic heterocycles. The molecule has 0 aliphatic rings. The first-order valence-electron chi connectivity index (χ1n) is 7.45. The molecule has 0 fully saturated rings. The number of nitrogens with one attached hydrogen (secondary N) is 1. The van der Waals surface area contributed by atoms with Gasteiger partial charge in [0.15, 0.2) is 12.4 Å². The van der Waals surface area contributed by atoms with Crippen molar-refractivity contribution in [3.8, 4) is 0 Å². The van der Waals surface area contributed by atoms with E-state index in [1.54, 1.807) is 18.3 Å². The van der Waals surface area contributed by atoms with Crippen molar-refractivity contribution in [3.05, 3.63) is 78.8 Å². The van der Waals surface area contributed by atoms with E-state index in [4.69, 9.17) is 0 Å². The van der Waals surface area contributed by atoms with Crippen LogP contribution in [0, 0.1) is 0 Å². The second-order valence-electron chi connectivity index (χ2n) is 5.15. The fourth-order valence-electron chi connectivity index (χ4n) is 2.40. The van der Waals surface area contributed by atoms with Gasteiger partial charge in [-0.15, -0.1) is 0 Å². The van der Waals surface area contributed by atoms with Crippen LogP contribution in [0.25, 0.3) is 16.4 Å². The summed E-state index contributed by atoms with van der Waals surface area (Å²) >= 11 is 0. The van der Waals surface area contributed by atoms with Gasteiger partial charge >= 0.3 is 0 Å². The van der Waals surface area contributed by atoms with Crippen molar-refractivity contribution in [1.29, 1.82) is 0 Å². The molecule has 1 aromatic carbocycles. The predicted octanol–water partition coefficient (Wildman–Crippen LogP) is 3.46. The Hall–Kier alpha value is -3.34. The molecule has 3 heterocycles. The van der Waals surface area contributed by atoms with Crippen molar-refractivity contribution < 1.29 is 14.3 Å². The molecule has 24 heavy (non-hydrogen) atoms. The number of Topliss-reactive ketones (excluding diaryl/α,β-unsaturated/α-hetero) is 1. The fourth-order valence-corrected chi connectivity index (χ4v) is 2.40. The molecule has 0 aliphatic carbocycles. The van der Waals surface area contributed by atoms with Crippen LogP contribution in [0.1, 0.15) is 10.4 Å². The van der Waals surface area contributed by atoms with E-state index in [-0.39, 0.29) is 18.9 Å². The average molecular weight is 320 g/mol. The normalized spacial score (nSPS) is 10.2. The Labute approximate surface area is 138 Å². The molecule has 0 amide bonds. The number of rotatable bonds is 4. The van der Waals surface area contributed by atoms with Crippen LogP contribution in [0.2, 0.25) is 0 Å². The SMILES string of the molecule is O=COCC(=O)c1ccc2[nH]ccc2c1.c1ccn2cccc2c1. The van der Waals surface area contributed by atoms with Crippen LogP contribution in [0.5, 0.6) is 0 Å². The van der Waals surface area contributed by atoms with Gasteiger partial charge in [0.1, 0.15) is 0 Å². The molecule has 4 rings (SSSR count). The highest BCUT2D eigenvalue weighted by molar-refractivity contribution is 6.00. The molecule has 0 spiro atoms. The molecule has 1 N–H and O–H groups in total. The summed E-state index contributed by atoms with van der Waals surface area (Å²) in [5.74, 6) is -0.204. The van der Waals surface area contributed by atoms with E-state index in [0.29, 0.717) is 5.56 Å². The van der Waals surface area contributed by atoms with Gasteiger partial charge in [-0.1, -0.05) is 6.07 Å². The van der Waals surface area contributed by atoms with Gasteiger partial charge in [-0.3, -0.25) is 9.59 Å². The van der Waals surface area contributed by atoms with Gasteiger partial charge in [0.25, 0.3) is 6.47 Å². The number of aromatic nitrogens is 2. The third-order valence-electron chi connectivity index (χ3n) is 3.59. The van der Waals surface area contributed by atoms with Crippen LogP contribution < -0.4 is 0 Å². The lowest BCUT2D eigenvalue weighted by Gasteiger charge is -1.99. The first-order valence-corrected chi connectivity index (χ1v) is 7.45. The third-order valence-corrected chi connectivity index (χ3v) is 3.59. The first kappa shape index (κ1) is 15.6. The number of hydrogen-bond donors (Lipinski definition) is 1. The van der Waals surface area contributed by atoms with Crippen LogP contribution >= 0.6 is 0 Å². The number of hydrogen-bond acceptors (Lipinski definition) is 3. The Morgan fingerprint density at radius 2 is 1.92 bits per heavy atom. The lowest BCUT2D eigenvalue weighted by Crippen LogP contribution is -2.07. The first-order chi connectivity index (χ1) is 11.8. The van der Waals surface area contributed by atoms with E-state index in [1.165, 1.54) is 5.52 Å². The van der Waals surface area contributed by atoms with Crippen molar-refractivity contribution in [2.75, 3.05) is 6.61 Å². The molecule has 0 saturated heterocycles. The van der Waals surface area contributed by atoms with Crippen LogP contribution in [0.4, 0.5) is 0 Å². The maximum absolute atomic E-state index is 11.5. The number of fused-ring (bicyclic) bond motifs is 2. The summed E-state index contributed by atoms with van der Waals surface area (Å²) in [7, 11) is 0. The molecule has 5 nitrogen and oxygen atoms in total. The average Bonchev–Trinajstić information content (AvgIpc) is 3.28. The van der Waals surface area contributed by atoms with Gasteiger partial charge < -0.3 is 14.1 Å². The number of nitrogens with zero attached hydrogens (tertiary/aromatic N) is 1. The molecule has 0 radical (unpaired) electrons. The summed E-state index contributed by atoms with van der Waals surface area (Å²) in [5.41, 5.74) is 2.77. The van der Waals surface area contributed by atoms with E-state index in [1.807, 2.05) is 42.7 Å². The lowest BCUT2D eigenvalue weighted by molar-refractivity contribution is -0.127. The molecule has 3 aromatic heterocycles. The number of carbonyl (C=O) groups excluding carboxylic acids is 2. The smallest absolute Gasteiger partial charge is 0.293 e. The van der Waals surface area contributed by atoms with Crippen molar-refractivity contribution in [1.82, 2.24) is 9.38 Å². The number of pyridine rings is 1. The maximum Gasteiger partial charge on any atom is 0.293 e. The number of aromatic amines is 1. The van der Waals surface area contributed by atoms with E-state index in [2.05, 4.69) is 26.3 Å². The Morgan fingerprint density at radius 3 is 2.75 bits per heavy atom. The maximum atomic E-state index is 11.5. The highest BCUT2D eigenvalue weighted by atomic mass is 16.5. The summed E-state index contributed by atoms with van der Waals surface area (Å²) < 4.78 is 6.49. The van der Waals surface area contributed by atoms with Gasteiger partial charge in [-0.2, -0.15) is 0 Å². The molecular weight excluding hydrogens is 304 g/mol. The lowest BCUT2D eigenvalue weighted by atomic mass is 10.1. The van der Waals surface area contributed by atoms with Gasteiger partial charge in [-0.25, -0.2) is 0 Å². The number of benzene rings is 1. The van der Waals surface area contributed by atoms with E-state index >= 15 is 0 Å². The molecule has 5 heteroatoms. The van der Waals surface area contributed by atoms with E-state index < -0.39 is 0 Å². The monoisotopic (exact) mass is 320 g/mol. The Balaban J connectivity index is 0.000000159. The quantitative estimate of drug-likeness (QED) is 0.462. The van der Waals surface area contributed by atoms with Crippen LogP contribution in [-0.4, -0.2) is 28.2 Å². The summed E-state index contributed by atoms with van der Waals surface area (Å²) in [6, 6.07) is 17.4. The summed E-state index contributed by atoms with van der Waals surface area (Å²) in [4.78, 5) is 24.4. The van der Waals surface area contributed by atoms with E-state index in [9.17, 15) is 9.59 Å². The highest BCUT2D eigenvalue weighted by Gasteiger charge is 2.06. The zero-order chi connectivity index (χ0) is 16.8. The minimum Gasteiger partial charge on any atom is -0.459 e. The molecule has 4 aromatic rings. The second-order valence-corrected chi connectivity index (χ2v) is 5.15. The largest absolute Gasteiger partial charge is 0.459 e. The number of ether oxygens (including phenoxy) is 1. The Kier molecular flexibility index (Phi) is 4.72. The molecular formula is C19H16N2O3. The zero-order valence-electron chi connectivity index (χ0n) is 12.9. The molecule has 0 saturated carbocycles.